The first-order valence-corrected chi connectivity index (χ1v) is 8.48. The van der Waals surface area contributed by atoms with Gasteiger partial charge in [0.1, 0.15) is 0 Å². The Morgan fingerprint density at radius 1 is 1.32 bits per heavy atom. The highest BCUT2D eigenvalue weighted by molar-refractivity contribution is 7.15. The molecule has 1 aromatic rings. The molecule has 19 heavy (non-hydrogen) atoms. The summed E-state index contributed by atoms with van der Waals surface area (Å²) < 4.78 is 0. The van der Waals surface area contributed by atoms with Crippen LogP contribution >= 0.6 is 11.3 Å². The van der Waals surface area contributed by atoms with Gasteiger partial charge < -0.3 is 10.2 Å². The van der Waals surface area contributed by atoms with Crippen LogP contribution in [0.4, 0.5) is 5.13 Å². The van der Waals surface area contributed by atoms with Crippen molar-refractivity contribution in [1.29, 1.82) is 0 Å². The molecular formula is C15H25N3S. The summed E-state index contributed by atoms with van der Waals surface area (Å²) in [6.07, 6.45) is 6.57. The summed E-state index contributed by atoms with van der Waals surface area (Å²) in [6, 6.07) is 1.36. The second-order valence-corrected chi connectivity index (χ2v) is 7.07. The van der Waals surface area contributed by atoms with E-state index in [1.54, 1.807) is 0 Å². The number of hydrogen-bond donors (Lipinski definition) is 1. The molecule has 3 nitrogen and oxygen atoms in total. The van der Waals surface area contributed by atoms with Crippen molar-refractivity contribution in [1.82, 2.24) is 10.3 Å². The van der Waals surface area contributed by atoms with Crippen LogP contribution in [0.15, 0.2) is 0 Å². The number of hydrogen-bond acceptors (Lipinski definition) is 4. The van der Waals surface area contributed by atoms with Crippen LogP contribution in [0.25, 0.3) is 0 Å². The predicted molar refractivity (Wildman–Crippen MR) is 82.1 cm³/mol. The zero-order valence-corrected chi connectivity index (χ0v) is 13.1. The van der Waals surface area contributed by atoms with E-state index < -0.39 is 0 Å². The second-order valence-electron chi connectivity index (χ2n) is 6.01. The lowest BCUT2D eigenvalue weighted by Gasteiger charge is -2.27. The number of thiazole rings is 1. The molecule has 4 heteroatoms. The molecule has 0 spiro atoms. The van der Waals surface area contributed by atoms with Gasteiger partial charge in [-0.05, 0) is 46.1 Å². The molecule has 2 fully saturated rings. The molecule has 2 aliphatic rings. The fraction of sp³-hybridized carbons (Fsp3) is 0.800. The van der Waals surface area contributed by atoms with E-state index in [0.29, 0.717) is 12.1 Å². The molecule has 1 aromatic heterocycles. The first kappa shape index (κ1) is 13.4. The number of nitrogens with zero attached hydrogens (tertiary/aromatic N) is 2. The van der Waals surface area contributed by atoms with Crippen LogP contribution in [-0.2, 0) is 6.54 Å². The van der Waals surface area contributed by atoms with E-state index >= 15 is 0 Å². The summed E-state index contributed by atoms with van der Waals surface area (Å²) in [5.74, 6) is 0.756. The van der Waals surface area contributed by atoms with Crippen molar-refractivity contribution in [3.8, 4) is 0 Å². The quantitative estimate of drug-likeness (QED) is 0.894. The van der Waals surface area contributed by atoms with Crippen molar-refractivity contribution in [2.75, 3.05) is 11.9 Å². The van der Waals surface area contributed by atoms with Gasteiger partial charge in [0.2, 0.25) is 0 Å². The van der Waals surface area contributed by atoms with Gasteiger partial charge in [-0.15, -0.1) is 11.3 Å². The Labute approximate surface area is 120 Å². The Hall–Kier alpha value is -0.610. The minimum absolute atomic E-state index is 0.658. The topological polar surface area (TPSA) is 28.2 Å². The summed E-state index contributed by atoms with van der Waals surface area (Å²) >= 11 is 1.92. The van der Waals surface area contributed by atoms with Crippen LogP contribution in [0.5, 0.6) is 0 Å². The molecule has 1 saturated heterocycles. The highest BCUT2D eigenvalue weighted by Crippen LogP contribution is 2.45. The maximum atomic E-state index is 5.03. The van der Waals surface area contributed by atoms with Crippen molar-refractivity contribution < 1.29 is 0 Å². The van der Waals surface area contributed by atoms with Crippen molar-refractivity contribution in [2.24, 2.45) is 0 Å². The number of nitrogens with one attached hydrogen (secondary N) is 1. The van der Waals surface area contributed by atoms with E-state index in [4.69, 9.17) is 4.98 Å². The Morgan fingerprint density at radius 2 is 2.11 bits per heavy atom. The summed E-state index contributed by atoms with van der Waals surface area (Å²) in [5, 5.41) is 4.58. The monoisotopic (exact) mass is 279 g/mol. The SMILES string of the molecule is CCC1CCC(C)N1c1nc(C2CC2)c(CNC)s1. The molecule has 0 amide bonds. The first-order chi connectivity index (χ1) is 9.24. The Balaban J connectivity index is 1.89. The molecule has 0 aromatic carbocycles. The Kier molecular flexibility index (Phi) is 3.81. The zero-order valence-electron chi connectivity index (χ0n) is 12.3. The summed E-state index contributed by atoms with van der Waals surface area (Å²) in [4.78, 5) is 9.09. The summed E-state index contributed by atoms with van der Waals surface area (Å²) in [5.41, 5.74) is 1.39. The van der Waals surface area contributed by atoms with Gasteiger partial charge >= 0.3 is 0 Å². The van der Waals surface area contributed by atoms with Crippen LogP contribution in [0, 0.1) is 0 Å². The van der Waals surface area contributed by atoms with Crippen molar-refractivity contribution in [3.05, 3.63) is 10.6 Å². The third kappa shape index (κ3) is 2.52. The number of rotatable bonds is 5. The van der Waals surface area contributed by atoms with Crippen molar-refractivity contribution in [2.45, 2.75) is 70.5 Å². The van der Waals surface area contributed by atoms with Gasteiger partial charge in [0, 0.05) is 29.4 Å². The molecule has 106 valence electrons. The van der Waals surface area contributed by atoms with E-state index in [0.717, 1.165) is 12.5 Å². The van der Waals surface area contributed by atoms with Gasteiger partial charge in [-0.2, -0.15) is 0 Å². The molecule has 2 atom stereocenters. The molecule has 1 saturated carbocycles. The Bertz CT molecular complexity index is 439. The van der Waals surface area contributed by atoms with Crippen LogP contribution < -0.4 is 10.2 Å². The van der Waals surface area contributed by atoms with Gasteiger partial charge in [-0.1, -0.05) is 6.92 Å². The van der Waals surface area contributed by atoms with Gasteiger partial charge in [-0.3, -0.25) is 0 Å². The maximum absolute atomic E-state index is 5.03. The predicted octanol–water partition coefficient (Wildman–Crippen LogP) is 3.51. The largest absolute Gasteiger partial charge is 0.342 e. The lowest BCUT2D eigenvalue weighted by Crippen LogP contribution is -2.33. The molecule has 3 rings (SSSR count). The summed E-state index contributed by atoms with van der Waals surface area (Å²) in [6.45, 7) is 5.63. The molecule has 1 N–H and O–H groups in total. The molecule has 1 aliphatic carbocycles. The third-order valence-electron chi connectivity index (χ3n) is 4.50. The summed E-state index contributed by atoms with van der Waals surface area (Å²) in [7, 11) is 2.03. The minimum Gasteiger partial charge on any atom is -0.342 e. The van der Waals surface area contributed by atoms with E-state index in [1.165, 1.54) is 47.8 Å². The molecule has 0 bridgehead atoms. The third-order valence-corrected chi connectivity index (χ3v) is 5.58. The van der Waals surface area contributed by atoms with Crippen LogP contribution in [0.2, 0.25) is 0 Å². The standard InChI is InChI=1S/C15H25N3S/c1-4-12-8-5-10(2)18(12)15-17-14(11-6-7-11)13(19-15)9-16-3/h10-12,16H,4-9H2,1-3H3. The van der Waals surface area contributed by atoms with Crippen LogP contribution in [0.3, 0.4) is 0 Å². The van der Waals surface area contributed by atoms with Gasteiger partial charge in [0.05, 0.1) is 5.69 Å². The van der Waals surface area contributed by atoms with Gasteiger partial charge in [0.15, 0.2) is 5.13 Å². The van der Waals surface area contributed by atoms with Gasteiger partial charge in [0.25, 0.3) is 0 Å². The molecular weight excluding hydrogens is 254 g/mol. The molecule has 0 radical (unpaired) electrons. The molecule has 2 unspecified atom stereocenters. The minimum atomic E-state index is 0.658. The fourth-order valence-corrected chi connectivity index (χ4v) is 4.57. The van der Waals surface area contributed by atoms with Crippen LogP contribution in [-0.4, -0.2) is 24.1 Å². The highest BCUT2D eigenvalue weighted by Gasteiger charge is 2.35. The molecule has 1 aliphatic heterocycles. The van der Waals surface area contributed by atoms with E-state index in [2.05, 4.69) is 24.1 Å². The normalized spacial score (nSPS) is 27.2. The first-order valence-electron chi connectivity index (χ1n) is 7.67. The molecule has 2 heterocycles. The average molecular weight is 279 g/mol. The van der Waals surface area contributed by atoms with Gasteiger partial charge in [-0.25, -0.2) is 4.98 Å². The average Bonchev–Trinajstić information content (AvgIpc) is 3.06. The Morgan fingerprint density at radius 3 is 2.74 bits per heavy atom. The maximum Gasteiger partial charge on any atom is 0.186 e. The van der Waals surface area contributed by atoms with Crippen molar-refractivity contribution >= 4 is 16.5 Å². The highest BCUT2D eigenvalue weighted by atomic mass is 32.1. The second kappa shape index (κ2) is 5.41. The van der Waals surface area contributed by atoms with Crippen LogP contribution in [0.1, 0.15) is 62.4 Å². The lowest BCUT2D eigenvalue weighted by molar-refractivity contribution is 0.625. The van der Waals surface area contributed by atoms with E-state index in [-0.39, 0.29) is 0 Å². The number of anilines is 1. The zero-order chi connectivity index (χ0) is 13.4. The fourth-order valence-electron chi connectivity index (χ4n) is 3.24. The lowest BCUT2D eigenvalue weighted by atomic mass is 10.2. The van der Waals surface area contributed by atoms with E-state index in [1.807, 2.05) is 18.4 Å². The number of aromatic nitrogens is 1. The van der Waals surface area contributed by atoms with Crippen molar-refractivity contribution in [3.63, 3.8) is 0 Å². The smallest absolute Gasteiger partial charge is 0.186 e. The van der Waals surface area contributed by atoms with E-state index in [9.17, 15) is 0 Å².